The Morgan fingerprint density at radius 3 is 2.03 bits per heavy atom. The van der Waals surface area contributed by atoms with Gasteiger partial charge < -0.3 is 0 Å². The van der Waals surface area contributed by atoms with Crippen molar-refractivity contribution in [1.29, 1.82) is 0 Å². The van der Waals surface area contributed by atoms with Crippen LogP contribution in [0, 0.1) is 0 Å². The van der Waals surface area contributed by atoms with Gasteiger partial charge in [-0.1, -0.05) is 18.2 Å². The Morgan fingerprint density at radius 2 is 1.48 bits per heavy atom. The number of para-hydroxylation sites is 1. The molecule has 10 nitrogen and oxygen atoms in total. The summed E-state index contributed by atoms with van der Waals surface area (Å²) in [6, 6.07) is 14.1. The highest BCUT2D eigenvalue weighted by molar-refractivity contribution is 7.90. The monoisotopic (exact) mass is 457 g/mol. The molecule has 12 heteroatoms. The van der Waals surface area contributed by atoms with E-state index in [0.29, 0.717) is 11.4 Å². The first-order chi connectivity index (χ1) is 14.8. The second-order valence-electron chi connectivity index (χ2n) is 6.57. The summed E-state index contributed by atoms with van der Waals surface area (Å²) in [5.74, 6) is -1.53. The van der Waals surface area contributed by atoms with Gasteiger partial charge in [-0.05, 0) is 48.6 Å². The van der Waals surface area contributed by atoms with E-state index in [0.717, 1.165) is 0 Å². The van der Waals surface area contributed by atoms with Crippen LogP contribution in [0.2, 0.25) is 0 Å². The van der Waals surface area contributed by atoms with Crippen LogP contribution in [0.25, 0.3) is 0 Å². The van der Waals surface area contributed by atoms with Crippen molar-refractivity contribution >= 4 is 62.4 Å². The third kappa shape index (κ3) is 4.02. The summed E-state index contributed by atoms with van der Waals surface area (Å²) in [6.07, 6.45) is -0.379. The van der Waals surface area contributed by atoms with E-state index in [9.17, 15) is 22.8 Å². The zero-order valence-corrected chi connectivity index (χ0v) is 17.4. The number of rotatable bonds is 4. The molecule has 0 aliphatic carbocycles. The molecule has 1 saturated heterocycles. The van der Waals surface area contributed by atoms with Gasteiger partial charge >= 0.3 is 0 Å². The summed E-state index contributed by atoms with van der Waals surface area (Å²) in [5, 5.41) is 2.27. The van der Waals surface area contributed by atoms with Crippen LogP contribution in [0.1, 0.15) is 6.42 Å². The molecule has 4 rings (SSSR count). The summed E-state index contributed by atoms with van der Waals surface area (Å²) < 4.78 is 27.2. The van der Waals surface area contributed by atoms with E-state index in [1.807, 2.05) is 0 Å². The summed E-state index contributed by atoms with van der Waals surface area (Å²) >= 11 is 5.40. The summed E-state index contributed by atoms with van der Waals surface area (Å²) in [7, 11) is -4.00. The number of aliphatic imine (C=N–C) groups is 1. The molecule has 31 heavy (non-hydrogen) atoms. The third-order valence-electron chi connectivity index (χ3n) is 4.47. The fourth-order valence-electron chi connectivity index (χ4n) is 3.07. The second kappa shape index (κ2) is 7.89. The molecule has 158 valence electrons. The number of carbonyl (C=O) groups excluding carboxylic acids is 3. The number of nitrogens with zero attached hydrogens (tertiary/aromatic N) is 3. The normalized spacial score (nSPS) is 17.0. The van der Waals surface area contributed by atoms with Gasteiger partial charge in [0.15, 0.2) is 5.11 Å². The maximum Gasteiger partial charge on any atom is 0.264 e. The van der Waals surface area contributed by atoms with Crippen LogP contribution in [0.4, 0.5) is 11.4 Å². The van der Waals surface area contributed by atoms with Crippen molar-refractivity contribution in [3.05, 3.63) is 54.6 Å². The maximum atomic E-state index is 12.5. The number of carbonyl (C=O) groups is 3. The molecule has 2 heterocycles. The van der Waals surface area contributed by atoms with Crippen molar-refractivity contribution in [3.8, 4) is 0 Å². The predicted octanol–water partition coefficient (Wildman–Crippen LogP) is 0.505. The van der Waals surface area contributed by atoms with Gasteiger partial charge in [0, 0.05) is 0 Å². The fraction of sp³-hybridized carbons (Fsp3) is 0.105. The Balaban J connectivity index is 1.59. The van der Waals surface area contributed by atoms with Gasteiger partial charge in [0.1, 0.15) is 13.0 Å². The standard InChI is InChI=1S/C19H15N5O5S2/c25-15-11-20-18(21-15)22-31(28,29)14-8-6-13(7-9-14)24-17(27)10-16(26)23(19(24)30)12-4-2-1-3-5-12/h1-9H,10-11H2,(H2,20,21,22,25). The van der Waals surface area contributed by atoms with Crippen LogP contribution < -0.4 is 19.8 Å². The van der Waals surface area contributed by atoms with Gasteiger partial charge in [0.2, 0.25) is 23.7 Å². The second-order valence-corrected chi connectivity index (χ2v) is 8.61. The first-order valence-electron chi connectivity index (χ1n) is 8.98. The molecule has 1 fully saturated rings. The minimum Gasteiger partial charge on any atom is -0.294 e. The Morgan fingerprint density at radius 1 is 0.903 bits per heavy atom. The van der Waals surface area contributed by atoms with Crippen LogP contribution in [0.3, 0.4) is 0 Å². The highest BCUT2D eigenvalue weighted by Crippen LogP contribution is 2.27. The lowest BCUT2D eigenvalue weighted by molar-refractivity contribution is -0.126. The van der Waals surface area contributed by atoms with Gasteiger partial charge in [-0.15, -0.1) is 0 Å². The smallest absolute Gasteiger partial charge is 0.264 e. The van der Waals surface area contributed by atoms with Crippen molar-refractivity contribution in [2.75, 3.05) is 16.3 Å². The van der Waals surface area contributed by atoms with Gasteiger partial charge in [-0.3, -0.25) is 29.5 Å². The summed E-state index contributed by atoms with van der Waals surface area (Å²) in [5.41, 5.74) is 0.840. The molecule has 0 bridgehead atoms. The molecular weight excluding hydrogens is 442 g/mol. The van der Waals surface area contributed by atoms with E-state index in [1.165, 1.54) is 34.1 Å². The van der Waals surface area contributed by atoms with Crippen LogP contribution in [-0.4, -0.2) is 43.8 Å². The Hall–Kier alpha value is -3.64. The molecule has 0 saturated carbocycles. The number of sulfonamides is 1. The Bertz CT molecular complexity index is 1230. The number of anilines is 2. The van der Waals surface area contributed by atoms with Gasteiger partial charge in [-0.25, -0.2) is 18.1 Å². The van der Waals surface area contributed by atoms with Crippen LogP contribution >= 0.6 is 12.2 Å². The molecule has 2 aromatic carbocycles. The van der Waals surface area contributed by atoms with Crippen LogP contribution in [-0.2, 0) is 24.4 Å². The van der Waals surface area contributed by atoms with E-state index in [1.54, 1.807) is 30.3 Å². The molecule has 0 aromatic heterocycles. The minimum atomic E-state index is -4.00. The average molecular weight is 457 g/mol. The Labute approximate surface area is 182 Å². The van der Waals surface area contributed by atoms with E-state index in [-0.39, 0.29) is 28.9 Å². The largest absolute Gasteiger partial charge is 0.294 e. The number of amides is 3. The molecule has 0 atom stereocenters. The number of hydrogen-bond acceptors (Lipinski definition) is 7. The Kier molecular flexibility index (Phi) is 5.25. The lowest BCUT2D eigenvalue weighted by atomic mass is 10.2. The third-order valence-corrected chi connectivity index (χ3v) is 6.19. The minimum absolute atomic E-state index is 0.0239. The van der Waals surface area contributed by atoms with Crippen molar-refractivity contribution in [2.45, 2.75) is 11.3 Å². The fourth-order valence-corrected chi connectivity index (χ4v) is 4.46. The first-order valence-corrected chi connectivity index (χ1v) is 10.9. The lowest BCUT2D eigenvalue weighted by Crippen LogP contribution is -2.55. The predicted molar refractivity (Wildman–Crippen MR) is 116 cm³/mol. The molecule has 3 amide bonds. The number of thiocarbonyl (C=S) groups is 1. The quantitative estimate of drug-likeness (QED) is 0.509. The molecule has 2 aliphatic rings. The highest BCUT2D eigenvalue weighted by atomic mass is 32.2. The van der Waals surface area contributed by atoms with Crippen LogP contribution in [0.5, 0.6) is 0 Å². The van der Waals surface area contributed by atoms with Crippen molar-refractivity contribution in [2.24, 2.45) is 4.99 Å². The molecule has 0 radical (unpaired) electrons. The topological polar surface area (TPSA) is 128 Å². The van der Waals surface area contributed by atoms with Gasteiger partial charge in [0.25, 0.3) is 10.0 Å². The summed E-state index contributed by atoms with van der Waals surface area (Å²) in [6.45, 7) is -0.151. The SMILES string of the molecule is O=C1CN=C(NS(=O)(=O)c2ccc(N3C(=O)CC(=O)N(c4ccccc4)C3=S)cc2)N1. The van der Waals surface area contributed by atoms with Crippen molar-refractivity contribution in [1.82, 2.24) is 10.0 Å². The zero-order valence-electron chi connectivity index (χ0n) is 15.8. The van der Waals surface area contributed by atoms with E-state index < -0.39 is 27.7 Å². The molecule has 2 aliphatic heterocycles. The van der Waals surface area contributed by atoms with Crippen LogP contribution in [0.15, 0.2) is 64.5 Å². The number of hydrogen-bond donors (Lipinski definition) is 2. The van der Waals surface area contributed by atoms with E-state index in [4.69, 9.17) is 12.2 Å². The van der Waals surface area contributed by atoms with Gasteiger partial charge in [-0.2, -0.15) is 0 Å². The van der Waals surface area contributed by atoms with E-state index >= 15 is 0 Å². The van der Waals surface area contributed by atoms with Gasteiger partial charge in [0.05, 0.1) is 16.3 Å². The van der Waals surface area contributed by atoms with Crippen molar-refractivity contribution in [3.63, 3.8) is 0 Å². The zero-order chi connectivity index (χ0) is 22.2. The molecule has 0 spiro atoms. The molecule has 0 unspecified atom stereocenters. The maximum absolute atomic E-state index is 12.5. The molecular formula is C19H15N5O5S2. The molecule has 2 N–H and O–H groups in total. The number of guanidine groups is 1. The number of benzene rings is 2. The first kappa shape index (κ1) is 20.6. The molecule has 2 aromatic rings. The summed E-state index contributed by atoms with van der Waals surface area (Å²) in [4.78, 5) is 42.2. The van der Waals surface area contributed by atoms with E-state index in [2.05, 4.69) is 15.0 Å². The van der Waals surface area contributed by atoms with Crippen molar-refractivity contribution < 1.29 is 22.8 Å². The lowest BCUT2D eigenvalue weighted by Gasteiger charge is -2.35. The highest BCUT2D eigenvalue weighted by Gasteiger charge is 2.37. The number of nitrogens with one attached hydrogen (secondary N) is 2. The average Bonchev–Trinajstić information content (AvgIpc) is 3.12.